The number of hydrogen-bond donors (Lipinski definition) is 0. The molecule has 0 rings (SSSR count). The molecule has 0 aromatic rings. The predicted octanol–water partition coefficient (Wildman–Crippen LogP) is 22.0. The van der Waals surface area contributed by atoms with Gasteiger partial charge in [-0.3, -0.25) is 14.4 Å². The fraction of sp³-hybridized carbons (Fsp3) is 0.729. The highest BCUT2D eigenvalue weighted by molar-refractivity contribution is 5.71. The zero-order chi connectivity index (χ0) is 55.0. The molecule has 1 atom stereocenters. The average Bonchev–Trinajstić information content (AvgIpc) is 3.42. The van der Waals surface area contributed by atoms with Crippen LogP contribution in [0.4, 0.5) is 0 Å². The van der Waals surface area contributed by atoms with Crippen LogP contribution in [0.2, 0.25) is 0 Å². The molecule has 0 aromatic heterocycles. The van der Waals surface area contributed by atoms with E-state index in [9.17, 15) is 14.4 Å². The molecular weight excluding hydrogens is 937 g/mol. The fourth-order valence-corrected chi connectivity index (χ4v) is 8.97. The van der Waals surface area contributed by atoms with Gasteiger partial charge in [-0.05, 0) is 122 Å². The van der Waals surface area contributed by atoms with Gasteiger partial charge in [0.25, 0.3) is 0 Å². The Morgan fingerprint density at radius 1 is 0.276 bits per heavy atom. The molecule has 0 saturated heterocycles. The van der Waals surface area contributed by atoms with Gasteiger partial charge >= 0.3 is 17.9 Å². The number of rotatable bonds is 58. The van der Waals surface area contributed by atoms with Crippen LogP contribution in [-0.4, -0.2) is 37.2 Å². The lowest BCUT2D eigenvalue weighted by Crippen LogP contribution is -2.30. The maximum Gasteiger partial charge on any atom is 0.306 e. The quantitative estimate of drug-likeness (QED) is 0.0261. The topological polar surface area (TPSA) is 78.9 Å². The second-order valence-corrected chi connectivity index (χ2v) is 21.3. The summed E-state index contributed by atoms with van der Waals surface area (Å²) in [5.41, 5.74) is 0. The smallest absolute Gasteiger partial charge is 0.306 e. The number of allylic oxidation sites excluding steroid dienone is 16. The van der Waals surface area contributed by atoms with Crippen LogP contribution < -0.4 is 0 Å². The molecule has 0 saturated carbocycles. The Morgan fingerprint density at radius 3 is 0.842 bits per heavy atom. The van der Waals surface area contributed by atoms with Gasteiger partial charge < -0.3 is 14.2 Å². The van der Waals surface area contributed by atoms with E-state index >= 15 is 0 Å². The number of esters is 3. The number of carbonyl (C=O) groups excluding carboxylic acids is 3. The minimum Gasteiger partial charge on any atom is -0.462 e. The highest BCUT2D eigenvalue weighted by atomic mass is 16.6. The Kier molecular flexibility index (Phi) is 60.8. The molecule has 0 fully saturated rings. The Hall–Kier alpha value is -3.67. The number of unbranched alkanes of at least 4 members (excludes halogenated alkanes) is 31. The van der Waals surface area contributed by atoms with Gasteiger partial charge in [-0.1, -0.05) is 266 Å². The summed E-state index contributed by atoms with van der Waals surface area (Å²) in [6.07, 6.45) is 85.5. The van der Waals surface area contributed by atoms with E-state index in [0.717, 1.165) is 122 Å². The van der Waals surface area contributed by atoms with Crippen LogP contribution in [0.5, 0.6) is 0 Å². The third-order valence-corrected chi connectivity index (χ3v) is 13.8. The van der Waals surface area contributed by atoms with E-state index in [0.29, 0.717) is 19.3 Å². The average molecular weight is 1060 g/mol. The minimum absolute atomic E-state index is 0.0859. The van der Waals surface area contributed by atoms with Crippen molar-refractivity contribution in [2.24, 2.45) is 0 Å². The van der Waals surface area contributed by atoms with Crippen molar-refractivity contribution in [1.82, 2.24) is 0 Å². The van der Waals surface area contributed by atoms with Crippen LogP contribution in [0, 0.1) is 0 Å². The van der Waals surface area contributed by atoms with Crippen molar-refractivity contribution in [3.63, 3.8) is 0 Å². The first kappa shape index (κ1) is 72.3. The number of hydrogen-bond acceptors (Lipinski definition) is 6. The zero-order valence-corrected chi connectivity index (χ0v) is 50.0. The molecule has 6 heteroatoms. The van der Waals surface area contributed by atoms with Crippen LogP contribution in [0.25, 0.3) is 0 Å². The summed E-state index contributed by atoms with van der Waals surface area (Å²) < 4.78 is 16.9. The summed E-state index contributed by atoms with van der Waals surface area (Å²) in [7, 11) is 0. The normalized spacial score (nSPS) is 12.7. The summed E-state index contributed by atoms with van der Waals surface area (Å²) in [6, 6.07) is 0. The van der Waals surface area contributed by atoms with Crippen molar-refractivity contribution in [1.29, 1.82) is 0 Å². The largest absolute Gasteiger partial charge is 0.462 e. The Balaban J connectivity index is 4.33. The maximum atomic E-state index is 12.9. The molecule has 436 valence electrons. The first-order chi connectivity index (χ1) is 37.5. The van der Waals surface area contributed by atoms with Crippen molar-refractivity contribution in [2.75, 3.05) is 13.2 Å². The van der Waals surface area contributed by atoms with E-state index in [-0.39, 0.29) is 31.1 Å². The first-order valence-electron chi connectivity index (χ1n) is 32.2. The third-order valence-electron chi connectivity index (χ3n) is 13.8. The van der Waals surface area contributed by atoms with E-state index < -0.39 is 6.10 Å². The molecule has 76 heavy (non-hydrogen) atoms. The van der Waals surface area contributed by atoms with Crippen molar-refractivity contribution < 1.29 is 28.6 Å². The van der Waals surface area contributed by atoms with Gasteiger partial charge in [-0.2, -0.15) is 0 Å². The first-order valence-corrected chi connectivity index (χ1v) is 32.2. The molecule has 0 aliphatic carbocycles. The Labute approximate surface area is 470 Å². The fourth-order valence-electron chi connectivity index (χ4n) is 8.97. The van der Waals surface area contributed by atoms with Crippen molar-refractivity contribution >= 4 is 17.9 Å². The molecule has 0 heterocycles. The van der Waals surface area contributed by atoms with Gasteiger partial charge in [0.15, 0.2) is 6.10 Å². The molecule has 0 aromatic carbocycles. The van der Waals surface area contributed by atoms with Crippen LogP contribution in [-0.2, 0) is 28.6 Å². The molecule has 0 amide bonds. The molecule has 6 nitrogen and oxygen atoms in total. The lowest BCUT2D eigenvalue weighted by Gasteiger charge is -2.18. The van der Waals surface area contributed by atoms with Gasteiger partial charge in [0.2, 0.25) is 0 Å². The summed E-state index contributed by atoms with van der Waals surface area (Å²) in [4.78, 5) is 38.3. The van der Waals surface area contributed by atoms with E-state index in [1.165, 1.54) is 148 Å². The molecule has 0 aliphatic rings. The highest BCUT2D eigenvalue weighted by Gasteiger charge is 2.19. The van der Waals surface area contributed by atoms with Gasteiger partial charge in [0.1, 0.15) is 13.2 Å². The molecule has 0 bridgehead atoms. The standard InChI is InChI=1S/C70H120O6/c1-4-7-10-13-16-19-22-25-28-30-31-32-33-34-35-36-37-38-39-40-43-45-48-51-54-57-60-63-69(72)75-66-67(65-74-68(71)62-59-56-53-50-47-44-41-27-24-21-18-15-12-9-6-3)76-70(73)64-61-58-55-52-49-46-42-29-26-23-20-17-14-11-8-5-2/h7,10,16,18-19,21,25,27-29,31-32,34-35,41-42,67H,4-6,8-9,11-15,17,20,22-24,26,30,33,36-40,43-66H2,1-3H3/b10-7-,19-16-,21-18-,28-25-,32-31-,35-34-,41-27-,42-29-. The number of ether oxygens (including phenoxy) is 3. The van der Waals surface area contributed by atoms with Gasteiger partial charge in [0.05, 0.1) is 0 Å². The van der Waals surface area contributed by atoms with Gasteiger partial charge in [0, 0.05) is 19.3 Å². The zero-order valence-electron chi connectivity index (χ0n) is 50.0. The predicted molar refractivity (Wildman–Crippen MR) is 330 cm³/mol. The summed E-state index contributed by atoms with van der Waals surface area (Å²) in [5, 5.41) is 0. The highest BCUT2D eigenvalue weighted by Crippen LogP contribution is 2.16. The Bertz CT molecular complexity index is 1490. The monoisotopic (exact) mass is 1060 g/mol. The molecule has 1 unspecified atom stereocenters. The lowest BCUT2D eigenvalue weighted by atomic mass is 10.0. The van der Waals surface area contributed by atoms with Crippen LogP contribution in [0.1, 0.15) is 310 Å². The van der Waals surface area contributed by atoms with Gasteiger partial charge in [-0.25, -0.2) is 0 Å². The SMILES string of the molecule is CC/C=C\C/C=C\C/C=C\C/C=C\C/C=C\CCCCCCCCCCCCCC(=O)OCC(COC(=O)CCCCCCC/C=C\C/C=C\CCCCC)OC(=O)CCCCCCC/C=C\CCCCCCCCC. The maximum absolute atomic E-state index is 12.9. The van der Waals surface area contributed by atoms with E-state index in [2.05, 4.69) is 118 Å². The minimum atomic E-state index is -0.790. The van der Waals surface area contributed by atoms with Crippen LogP contribution >= 0.6 is 0 Å². The molecule has 0 N–H and O–H groups in total. The van der Waals surface area contributed by atoms with E-state index in [4.69, 9.17) is 14.2 Å². The second kappa shape index (κ2) is 63.9. The Morgan fingerprint density at radius 2 is 0.513 bits per heavy atom. The number of carbonyl (C=O) groups is 3. The second-order valence-electron chi connectivity index (χ2n) is 21.3. The third kappa shape index (κ3) is 61.2. The van der Waals surface area contributed by atoms with Crippen molar-refractivity contribution in [2.45, 2.75) is 316 Å². The van der Waals surface area contributed by atoms with Crippen LogP contribution in [0.15, 0.2) is 97.2 Å². The summed E-state index contributed by atoms with van der Waals surface area (Å²) in [6.45, 7) is 6.50. The molecule has 0 spiro atoms. The van der Waals surface area contributed by atoms with E-state index in [1.807, 2.05) is 0 Å². The van der Waals surface area contributed by atoms with Crippen molar-refractivity contribution in [3.05, 3.63) is 97.2 Å². The van der Waals surface area contributed by atoms with Crippen LogP contribution in [0.3, 0.4) is 0 Å². The molecular formula is C70H120O6. The summed E-state index contributed by atoms with van der Waals surface area (Å²) >= 11 is 0. The van der Waals surface area contributed by atoms with Crippen molar-refractivity contribution in [3.8, 4) is 0 Å². The lowest BCUT2D eigenvalue weighted by molar-refractivity contribution is -0.167. The van der Waals surface area contributed by atoms with Gasteiger partial charge in [-0.15, -0.1) is 0 Å². The summed E-state index contributed by atoms with van der Waals surface area (Å²) in [5.74, 6) is -0.901. The van der Waals surface area contributed by atoms with E-state index in [1.54, 1.807) is 0 Å². The molecule has 0 radical (unpaired) electrons. The molecule has 0 aliphatic heterocycles.